The van der Waals surface area contributed by atoms with Crippen LogP contribution in [0.25, 0.3) is 0 Å². The number of hydrogen-bond donors (Lipinski definition) is 1. The number of hydrogen-bond acceptors (Lipinski definition) is 6. The van der Waals surface area contributed by atoms with Gasteiger partial charge in [-0.05, 0) is 86.0 Å². The summed E-state index contributed by atoms with van der Waals surface area (Å²) in [7, 11) is 1.59. The molecular formula is C29H33NO6. The first-order chi connectivity index (χ1) is 17.5. The quantitative estimate of drug-likeness (QED) is 0.178. The Bertz CT molecular complexity index is 1130. The van der Waals surface area contributed by atoms with E-state index < -0.39 is 0 Å². The van der Waals surface area contributed by atoms with Gasteiger partial charge in [0, 0.05) is 17.7 Å². The zero-order chi connectivity index (χ0) is 25.8. The minimum Gasteiger partial charge on any atom is -0.497 e. The Morgan fingerprint density at radius 3 is 2.22 bits per heavy atom. The predicted octanol–water partition coefficient (Wildman–Crippen LogP) is 6.06. The monoisotopic (exact) mass is 491 g/mol. The summed E-state index contributed by atoms with van der Waals surface area (Å²) in [6, 6.07) is 19.2. The highest BCUT2D eigenvalue weighted by Crippen LogP contribution is 2.29. The minimum absolute atomic E-state index is 0.210. The Morgan fingerprint density at radius 2 is 1.56 bits per heavy atom. The van der Waals surface area contributed by atoms with Crippen molar-refractivity contribution in [3.05, 3.63) is 77.9 Å². The van der Waals surface area contributed by atoms with Crippen LogP contribution in [0.15, 0.2) is 66.7 Å². The number of rotatable bonds is 13. The number of anilines is 1. The number of methoxy groups -OCH3 is 1. The largest absolute Gasteiger partial charge is 0.497 e. The van der Waals surface area contributed by atoms with Gasteiger partial charge in [0.25, 0.3) is 5.91 Å². The fraction of sp³-hybridized carbons (Fsp3) is 0.310. The Labute approximate surface area is 212 Å². The van der Waals surface area contributed by atoms with Crippen molar-refractivity contribution in [2.45, 2.75) is 39.5 Å². The van der Waals surface area contributed by atoms with E-state index in [4.69, 9.17) is 18.9 Å². The molecule has 1 amide bonds. The molecule has 7 nitrogen and oxygen atoms in total. The molecule has 0 bridgehead atoms. The maximum atomic E-state index is 12.5. The van der Waals surface area contributed by atoms with Gasteiger partial charge in [-0.25, -0.2) is 0 Å². The molecular weight excluding hydrogens is 458 g/mol. The van der Waals surface area contributed by atoms with E-state index in [1.165, 1.54) is 0 Å². The average Bonchev–Trinajstić information content (AvgIpc) is 2.89. The maximum absolute atomic E-state index is 12.5. The average molecular weight is 492 g/mol. The first kappa shape index (κ1) is 26.6. The fourth-order valence-electron chi connectivity index (χ4n) is 3.40. The van der Waals surface area contributed by atoms with Crippen molar-refractivity contribution >= 4 is 17.6 Å². The van der Waals surface area contributed by atoms with E-state index in [-0.39, 0.29) is 18.3 Å². The molecule has 1 N–H and O–H groups in total. The third kappa shape index (κ3) is 8.05. The van der Waals surface area contributed by atoms with E-state index in [0.717, 1.165) is 18.4 Å². The molecule has 0 spiro atoms. The van der Waals surface area contributed by atoms with Crippen LogP contribution in [0.2, 0.25) is 0 Å². The number of benzene rings is 3. The molecule has 0 aliphatic heterocycles. The molecule has 3 rings (SSSR count). The molecule has 3 aromatic carbocycles. The molecule has 0 aliphatic rings. The van der Waals surface area contributed by atoms with Crippen LogP contribution >= 0.6 is 0 Å². The van der Waals surface area contributed by atoms with Gasteiger partial charge in [0.15, 0.2) is 11.5 Å². The summed E-state index contributed by atoms with van der Waals surface area (Å²) in [4.78, 5) is 24.8. The van der Waals surface area contributed by atoms with Crippen molar-refractivity contribution in [3.8, 4) is 23.0 Å². The van der Waals surface area contributed by atoms with E-state index in [1.54, 1.807) is 55.6 Å². The molecule has 0 unspecified atom stereocenters. The van der Waals surface area contributed by atoms with Gasteiger partial charge in [0.2, 0.25) is 0 Å². The van der Waals surface area contributed by atoms with Crippen LogP contribution in [0, 0.1) is 0 Å². The Hall–Kier alpha value is -4.00. The van der Waals surface area contributed by atoms with Crippen LogP contribution in [0.1, 0.15) is 49.0 Å². The van der Waals surface area contributed by atoms with Crippen molar-refractivity contribution in [2.75, 3.05) is 25.6 Å². The van der Waals surface area contributed by atoms with Gasteiger partial charge in [-0.1, -0.05) is 19.4 Å². The number of carbonyl (C=O) groups is 2. The summed E-state index contributed by atoms with van der Waals surface area (Å²) >= 11 is 0. The highest BCUT2D eigenvalue weighted by atomic mass is 16.5. The van der Waals surface area contributed by atoms with E-state index in [2.05, 4.69) is 12.2 Å². The number of amides is 1. The van der Waals surface area contributed by atoms with Gasteiger partial charge in [-0.2, -0.15) is 0 Å². The number of unbranched alkanes of at least 4 members (excludes halogenated alkanes) is 1. The predicted molar refractivity (Wildman–Crippen MR) is 139 cm³/mol. The molecule has 0 saturated heterocycles. The summed E-state index contributed by atoms with van der Waals surface area (Å²) in [6.07, 6.45) is 2.76. The summed E-state index contributed by atoms with van der Waals surface area (Å²) in [5.74, 6) is 1.88. The third-order valence-corrected chi connectivity index (χ3v) is 5.38. The highest BCUT2D eigenvalue weighted by Gasteiger charge is 2.11. The SMILES string of the molecule is CCCCOc1ccc(CCC(=O)Oc2ccc(C(=O)Nc3ccc(OC)cc3)cc2)cc1OCC. The summed E-state index contributed by atoms with van der Waals surface area (Å²) in [5.41, 5.74) is 2.07. The standard InChI is InChI=1S/C29H33NO6/c1-4-6-19-35-26-17-7-21(20-27(26)34-5-2)8-18-28(31)36-25-13-9-22(10-14-25)29(32)30-23-11-15-24(33-3)16-12-23/h7,9-17,20H,4-6,8,18-19H2,1-3H3,(H,30,32). The minimum atomic E-state index is -0.355. The summed E-state index contributed by atoms with van der Waals surface area (Å²) in [6.45, 7) is 5.21. The van der Waals surface area contributed by atoms with Crippen molar-refractivity contribution in [1.29, 1.82) is 0 Å². The highest BCUT2D eigenvalue weighted by molar-refractivity contribution is 6.04. The molecule has 7 heteroatoms. The summed E-state index contributed by atoms with van der Waals surface area (Å²) in [5, 5.41) is 2.82. The lowest BCUT2D eigenvalue weighted by Gasteiger charge is -2.13. The van der Waals surface area contributed by atoms with Crippen LogP contribution in [0.3, 0.4) is 0 Å². The molecule has 3 aromatic rings. The smallest absolute Gasteiger partial charge is 0.311 e. The molecule has 0 aliphatic carbocycles. The zero-order valence-corrected chi connectivity index (χ0v) is 21.0. The van der Waals surface area contributed by atoms with Gasteiger partial charge in [0.1, 0.15) is 11.5 Å². The lowest BCUT2D eigenvalue weighted by atomic mass is 10.1. The van der Waals surface area contributed by atoms with Crippen LogP contribution < -0.4 is 24.3 Å². The van der Waals surface area contributed by atoms with Gasteiger partial charge >= 0.3 is 5.97 Å². The molecule has 0 heterocycles. The Morgan fingerprint density at radius 1 is 0.833 bits per heavy atom. The van der Waals surface area contributed by atoms with Gasteiger partial charge in [0.05, 0.1) is 20.3 Å². The summed E-state index contributed by atoms with van der Waals surface area (Å²) < 4.78 is 22.1. The second kappa shape index (κ2) is 13.8. The number of carbonyl (C=O) groups excluding carboxylic acids is 2. The first-order valence-electron chi connectivity index (χ1n) is 12.2. The first-order valence-corrected chi connectivity index (χ1v) is 12.2. The Balaban J connectivity index is 1.51. The number of aryl methyl sites for hydroxylation is 1. The topological polar surface area (TPSA) is 83.1 Å². The number of ether oxygens (including phenoxy) is 4. The van der Waals surface area contributed by atoms with Crippen molar-refractivity contribution in [3.63, 3.8) is 0 Å². The van der Waals surface area contributed by atoms with Gasteiger partial charge in [-0.15, -0.1) is 0 Å². The fourth-order valence-corrected chi connectivity index (χ4v) is 3.40. The van der Waals surface area contributed by atoms with Gasteiger partial charge in [-0.3, -0.25) is 9.59 Å². The second-order valence-electron chi connectivity index (χ2n) is 8.10. The van der Waals surface area contributed by atoms with Crippen molar-refractivity contribution in [2.24, 2.45) is 0 Å². The molecule has 0 atom stereocenters. The lowest BCUT2D eigenvalue weighted by molar-refractivity contribution is -0.134. The molecule has 0 saturated carbocycles. The molecule has 0 fully saturated rings. The van der Waals surface area contributed by atoms with E-state index in [1.807, 2.05) is 25.1 Å². The van der Waals surface area contributed by atoms with Gasteiger partial charge < -0.3 is 24.3 Å². The van der Waals surface area contributed by atoms with Crippen LogP contribution in [0.4, 0.5) is 5.69 Å². The maximum Gasteiger partial charge on any atom is 0.311 e. The number of nitrogens with one attached hydrogen (secondary N) is 1. The van der Waals surface area contributed by atoms with E-state index >= 15 is 0 Å². The van der Waals surface area contributed by atoms with Crippen molar-refractivity contribution in [1.82, 2.24) is 0 Å². The second-order valence-corrected chi connectivity index (χ2v) is 8.10. The van der Waals surface area contributed by atoms with E-state index in [0.29, 0.717) is 53.9 Å². The van der Waals surface area contributed by atoms with Crippen LogP contribution in [-0.4, -0.2) is 32.2 Å². The zero-order valence-electron chi connectivity index (χ0n) is 21.0. The molecule has 190 valence electrons. The van der Waals surface area contributed by atoms with Crippen molar-refractivity contribution < 1.29 is 28.5 Å². The van der Waals surface area contributed by atoms with E-state index in [9.17, 15) is 9.59 Å². The van der Waals surface area contributed by atoms with Crippen LogP contribution in [-0.2, 0) is 11.2 Å². The number of esters is 1. The molecule has 0 radical (unpaired) electrons. The molecule has 0 aromatic heterocycles. The molecule has 36 heavy (non-hydrogen) atoms. The lowest BCUT2D eigenvalue weighted by Crippen LogP contribution is -2.12. The Kier molecular flexibility index (Phi) is 10.2. The normalized spacial score (nSPS) is 10.4. The third-order valence-electron chi connectivity index (χ3n) is 5.38. The van der Waals surface area contributed by atoms with Crippen LogP contribution in [0.5, 0.6) is 23.0 Å².